The predicted octanol–water partition coefficient (Wildman–Crippen LogP) is 7.03. The maximum atomic E-state index is 13.6. The molecule has 9 nitrogen and oxygen atoms in total. The Kier molecular flexibility index (Phi) is 11.7. The number of nitrogens with zero attached hydrogens (tertiary/aromatic N) is 2. The molecule has 0 saturated carbocycles. The Labute approximate surface area is 297 Å². The Morgan fingerprint density at radius 3 is 2.27 bits per heavy atom. The molecule has 17 heteroatoms. The lowest BCUT2D eigenvalue weighted by Gasteiger charge is -2.26. The van der Waals surface area contributed by atoms with E-state index in [4.69, 9.17) is 21.7 Å². The maximum absolute atomic E-state index is 13.6. The van der Waals surface area contributed by atoms with E-state index in [2.05, 4.69) is 10.2 Å². The van der Waals surface area contributed by atoms with Gasteiger partial charge in [0.25, 0.3) is 5.91 Å². The number of hydrogen-bond donors (Lipinski definition) is 2. The number of rotatable bonds is 11. The van der Waals surface area contributed by atoms with Crippen LogP contribution in [0.3, 0.4) is 0 Å². The number of thiocarbonyl (C=S) groups is 1. The monoisotopic (exact) mass is 753 g/mol. The maximum Gasteiger partial charge on any atom is 0.416 e. The fraction of sp³-hybridized carbons (Fsp3) is 0.294. The van der Waals surface area contributed by atoms with E-state index in [1.807, 2.05) is 0 Å². The van der Waals surface area contributed by atoms with Gasteiger partial charge in [-0.1, -0.05) is 36.1 Å². The zero-order valence-electron chi connectivity index (χ0n) is 26.5. The van der Waals surface area contributed by atoms with E-state index < -0.39 is 41.3 Å². The number of carboxylic acid groups (broad SMARTS) is 1. The average molecular weight is 754 g/mol. The molecule has 0 atom stereocenters. The SMILES string of the molecule is O=C(CCN1C(=O)C(=Cc2cc(-c3cc(C(F)(F)F)cc(C(F)(F)F)c3)ccc2OCCN2CCOCC2)SC1=S)Nc1cccc(C(=O)O)c1. The Morgan fingerprint density at radius 1 is 0.941 bits per heavy atom. The van der Waals surface area contributed by atoms with Gasteiger partial charge in [0, 0.05) is 43.9 Å². The highest BCUT2D eigenvalue weighted by Gasteiger charge is 2.37. The Morgan fingerprint density at radius 2 is 1.63 bits per heavy atom. The van der Waals surface area contributed by atoms with Crippen molar-refractivity contribution >= 4 is 57.8 Å². The molecule has 0 unspecified atom stereocenters. The molecule has 0 spiro atoms. The van der Waals surface area contributed by atoms with E-state index in [9.17, 15) is 45.8 Å². The minimum absolute atomic E-state index is 0.0116. The second-order valence-corrected chi connectivity index (χ2v) is 13.0. The number of carboxylic acids is 1. The van der Waals surface area contributed by atoms with E-state index in [1.165, 1.54) is 53.4 Å². The number of nitrogens with one attached hydrogen (secondary N) is 1. The van der Waals surface area contributed by atoms with Crippen molar-refractivity contribution in [2.45, 2.75) is 18.8 Å². The summed E-state index contributed by atoms with van der Waals surface area (Å²) < 4.78 is 93.2. The number of anilines is 1. The smallest absolute Gasteiger partial charge is 0.416 e. The number of amides is 2. The molecule has 2 amide bonds. The summed E-state index contributed by atoms with van der Waals surface area (Å²) in [5.74, 6) is -2.04. The number of carbonyl (C=O) groups is 3. The minimum Gasteiger partial charge on any atom is -0.492 e. The van der Waals surface area contributed by atoms with Crippen molar-refractivity contribution in [2.24, 2.45) is 0 Å². The van der Waals surface area contributed by atoms with Crippen molar-refractivity contribution in [2.75, 3.05) is 51.3 Å². The van der Waals surface area contributed by atoms with Gasteiger partial charge in [-0.15, -0.1) is 0 Å². The van der Waals surface area contributed by atoms with Crippen LogP contribution in [0.15, 0.2) is 65.6 Å². The highest BCUT2D eigenvalue weighted by Crippen LogP contribution is 2.40. The van der Waals surface area contributed by atoms with Gasteiger partial charge in [0.15, 0.2) is 0 Å². The molecule has 0 aromatic heterocycles. The van der Waals surface area contributed by atoms with E-state index in [0.717, 1.165) is 11.8 Å². The lowest BCUT2D eigenvalue weighted by Crippen LogP contribution is -2.38. The number of thioether (sulfide) groups is 1. The fourth-order valence-corrected chi connectivity index (χ4v) is 6.50. The number of ether oxygens (including phenoxy) is 2. The number of aromatic carboxylic acids is 1. The second-order valence-electron chi connectivity index (χ2n) is 11.4. The largest absolute Gasteiger partial charge is 0.492 e. The molecule has 3 aromatic rings. The summed E-state index contributed by atoms with van der Waals surface area (Å²) >= 11 is 6.29. The molecule has 2 fully saturated rings. The van der Waals surface area contributed by atoms with Gasteiger partial charge in [-0.3, -0.25) is 19.4 Å². The molecule has 270 valence electrons. The molecule has 2 saturated heterocycles. The van der Waals surface area contributed by atoms with Gasteiger partial charge in [0.2, 0.25) is 5.91 Å². The summed E-state index contributed by atoms with van der Waals surface area (Å²) in [5.41, 5.74) is -2.86. The number of hydrogen-bond acceptors (Lipinski definition) is 8. The third-order valence-corrected chi connectivity index (χ3v) is 9.19. The van der Waals surface area contributed by atoms with Crippen molar-refractivity contribution in [3.8, 4) is 16.9 Å². The topological polar surface area (TPSA) is 108 Å². The van der Waals surface area contributed by atoms with Crippen molar-refractivity contribution < 1.29 is 55.3 Å². The molecule has 2 aliphatic heterocycles. The van der Waals surface area contributed by atoms with Crippen molar-refractivity contribution in [3.05, 3.63) is 87.8 Å². The molecule has 0 aliphatic carbocycles. The van der Waals surface area contributed by atoms with Gasteiger partial charge < -0.3 is 19.9 Å². The summed E-state index contributed by atoms with van der Waals surface area (Å²) in [7, 11) is 0. The standard InChI is InChI=1S/C34H29F6N3O6S2/c35-33(36,37)24-15-22(16-25(19-24)34(38,39)40)20-4-5-27(49-13-10-42-8-11-48-12-9-42)23(14-20)18-28-30(45)43(32(50)51-28)7-6-29(44)41-26-3-1-2-21(17-26)31(46)47/h1-5,14-19H,6-13H2,(H,41,44)(H,46,47). The quantitative estimate of drug-likeness (QED) is 0.121. The Balaban J connectivity index is 1.40. The first-order chi connectivity index (χ1) is 24.1. The number of alkyl halides is 6. The third-order valence-electron chi connectivity index (χ3n) is 7.82. The van der Waals surface area contributed by atoms with Crippen LogP contribution in [0.25, 0.3) is 17.2 Å². The normalized spacial score (nSPS) is 16.5. The van der Waals surface area contributed by atoms with Gasteiger partial charge in [-0.05, 0) is 65.7 Å². The lowest BCUT2D eigenvalue weighted by molar-refractivity contribution is -0.143. The van der Waals surface area contributed by atoms with E-state index in [1.54, 1.807) is 0 Å². The van der Waals surface area contributed by atoms with Crippen LogP contribution in [0.1, 0.15) is 33.5 Å². The lowest BCUT2D eigenvalue weighted by atomic mass is 9.97. The van der Waals surface area contributed by atoms with Crippen LogP contribution >= 0.6 is 24.0 Å². The van der Waals surface area contributed by atoms with Gasteiger partial charge in [0.05, 0.1) is 34.8 Å². The molecule has 51 heavy (non-hydrogen) atoms. The van der Waals surface area contributed by atoms with Gasteiger partial charge in [-0.25, -0.2) is 4.79 Å². The molecule has 5 rings (SSSR count). The number of carbonyl (C=O) groups excluding carboxylic acids is 2. The van der Waals surface area contributed by atoms with Gasteiger partial charge in [0.1, 0.15) is 16.7 Å². The first-order valence-corrected chi connectivity index (χ1v) is 16.6. The van der Waals surface area contributed by atoms with E-state index in [-0.39, 0.29) is 68.6 Å². The molecule has 3 aromatic carbocycles. The molecule has 2 N–H and O–H groups in total. The second kappa shape index (κ2) is 15.8. The van der Waals surface area contributed by atoms with Gasteiger partial charge in [-0.2, -0.15) is 26.3 Å². The highest BCUT2D eigenvalue weighted by atomic mass is 32.2. The predicted molar refractivity (Wildman–Crippen MR) is 181 cm³/mol. The Bertz CT molecular complexity index is 1830. The van der Waals surface area contributed by atoms with Crippen LogP contribution in [0.2, 0.25) is 0 Å². The van der Waals surface area contributed by atoms with Crippen molar-refractivity contribution in [3.63, 3.8) is 0 Å². The summed E-state index contributed by atoms with van der Waals surface area (Å²) in [4.78, 5) is 40.7. The van der Waals surface area contributed by atoms with Gasteiger partial charge >= 0.3 is 18.3 Å². The van der Waals surface area contributed by atoms with Crippen LogP contribution in [0.4, 0.5) is 32.0 Å². The van der Waals surface area contributed by atoms with E-state index in [0.29, 0.717) is 45.0 Å². The average Bonchev–Trinajstić information content (AvgIpc) is 3.34. The molecule has 0 bridgehead atoms. The van der Waals surface area contributed by atoms with E-state index >= 15 is 0 Å². The summed E-state index contributed by atoms with van der Waals surface area (Å²) in [6.45, 7) is 3.05. The molecular formula is C34H29F6N3O6S2. The van der Waals surface area contributed by atoms with Crippen molar-refractivity contribution in [1.29, 1.82) is 0 Å². The number of morpholine rings is 1. The van der Waals surface area contributed by atoms with Crippen LogP contribution in [-0.2, 0) is 26.7 Å². The summed E-state index contributed by atoms with van der Waals surface area (Å²) in [6, 6.07) is 11.0. The zero-order valence-corrected chi connectivity index (χ0v) is 28.1. The molecular weight excluding hydrogens is 725 g/mol. The van der Waals surface area contributed by atoms with Crippen molar-refractivity contribution in [1.82, 2.24) is 9.80 Å². The number of halogens is 6. The molecule has 0 radical (unpaired) electrons. The first kappa shape index (κ1) is 37.8. The summed E-state index contributed by atoms with van der Waals surface area (Å²) in [5, 5.41) is 11.7. The molecule has 2 heterocycles. The van der Waals surface area contributed by atoms with Crippen LogP contribution in [0, 0.1) is 0 Å². The summed E-state index contributed by atoms with van der Waals surface area (Å²) in [6.07, 6.45) is -8.90. The Hall–Kier alpha value is -4.45. The minimum atomic E-state index is -5.05. The van der Waals surface area contributed by atoms with Crippen LogP contribution in [-0.4, -0.2) is 83.0 Å². The molecule has 2 aliphatic rings. The highest BCUT2D eigenvalue weighted by molar-refractivity contribution is 8.26. The van der Waals surface area contributed by atoms with Crippen LogP contribution < -0.4 is 10.1 Å². The first-order valence-electron chi connectivity index (χ1n) is 15.3. The zero-order chi connectivity index (χ0) is 36.9. The fourth-order valence-electron chi connectivity index (χ4n) is 5.20. The number of benzene rings is 3. The third kappa shape index (κ3) is 9.87. The van der Waals surface area contributed by atoms with Crippen LogP contribution in [0.5, 0.6) is 5.75 Å².